The second-order valence-corrected chi connectivity index (χ2v) is 7.19. The average molecular weight is 415 g/mol. The topological polar surface area (TPSA) is 59.2 Å². The highest BCUT2D eigenvalue weighted by atomic mass is 19.1. The Kier molecular flexibility index (Phi) is 6.85. The molecule has 1 aliphatic carbocycles. The molecule has 6 nitrogen and oxygen atoms in total. The van der Waals surface area contributed by atoms with Crippen LogP contribution in [-0.2, 0) is 4.74 Å². The van der Waals surface area contributed by atoms with Crippen LogP contribution in [0.4, 0.5) is 14.5 Å². The second-order valence-electron chi connectivity index (χ2n) is 7.19. The molecule has 2 unspecified atom stereocenters. The first-order valence-electron chi connectivity index (χ1n) is 9.59. The van der Waals surface area contributed by atoms with Gasteiger partial charge in [0.05, 0.1) is 6.61 Å². The van der Waals surface area contributed by atoms with Gasteiger partial charge in [-0.15, -0.1) is 0 Å². The van der Waals surface area contributed by atoms with Crippen LogP contribution in [0.2, 0.25) is 0 Å². The molecule has 158 valence electrons. The molecule has 0 radical (unpaired) electrons. The normalized spacial score (nSPS) is 22.7. The van der Waals surface area contributed by atoms with E-state index in [1.807, 2.05) is 31.2 Å². The molecule has 0 aromatic heterocycles. The molecular weight excluding hydrogens is 390 g/mol. The summed E-state index contributed by atoms with van der Waals surface area (Å²) < 4.78 is 39.0. The first kappa shape index (κ1) is 21.5. The van der Waals surface area contributed by atoms with Gasteiger partial charge >= 0.3 is 5.96 Å². The highest BCUT2D eigenvalue weighted by molar-refractivity contribution is 6.02. The lowest BCUT2D eigenvalue weighted by atomic mass is 10.1. The van der Waals surface area contributed by atoms with Crippen molar-refractivity contribution in [1.82, 2.24) is 5.32 Å². The summed E-state index contributed by atoms with van der Waals surface area (Å²) >= 11 is 0. The molecule has 0 spiro atoms. The Morgan fingerprint density at radius 3 is 2.87 bits per heavy atom. The summed E-state index contributed by atoms with van der Waals surface area (Å²) in [7, 11) is 1.54. The first-order valence-corrected chi connectivity index (χ1v) is 9.59. The van der Waals surface area contributed by atoms with Crippen molar-refractivity contribution in [2.45, 2.75) is 32.1 Å². The molecular formula is C22H25F2N4O2+. The minimum absolute atomic E-state index is 0.116. The highest BCUT2D eigenvalue weighted by Gasteiger charge is 2.44. The van der Waals surface area contributed by atoms with E-state index in [4.69, 9.17) is 9.47 Å². The minimum Gasteiger partial charge on any atom is -0.488 e. The molecule has 1 heterocycles. The monoisotopic (exact) mass is 415 g/mol. The Bertz CT molecular complexity index is 975. The van der Waals surface area contributed by atoms with Crippen LogP contribution in [0.1, 0.15) is 20.3 Å². The number of benzene rings is 1. The highest BCUT2D eigenvalue weighted by Crippen LogP contribution is 2.25. The van der Waals surface area contributed by atoms with Gasteiger partial charge in [0, 0.05) is 25.3 Å². The summed E-state index contributed by atoms with van der Waals surface area (Å²) in [5.41, 5.74) is 1.08. The lowest BCUT2D eigenvalue weighted by Gasteiger charge is -2.26. The molecule has 1 aromatic rings. The van der Waals surface area contributed by atoms with Gasteiger partial charge in [0.25, 0.3) is 6.17 Å². The molecule has 0 saturated heterocycles. The molecule has 0 amide bonds. The van der Waals surface area contributed by atoms with Crippen molar-refractivity contribution in [3.05, 3.63) is 64.4 Å². The van der Waals surface area contributed by atoms with Crippen molar-refractivity contribution in [2.24, 2.45) is 4.99 Å². The Balaban J connectivity index is 1.73. The van der Waals surface area contributed by atoms with Gasteiger partial charge < -0.3 is 14.8 Å². The number of nitrogens with one attached hydrogen (secondary N) is 2. The number of halogens is 2. The lowest BCUT2D eigenvalue weighted by Crippen LogP contribution is -2.49. The summed E-state index contributed by atoms with van der Waals surface area (Å²) in [4.78, 5) is 8.29. The van der Waals surface area contributed by atoms with Gasteiger partial charge in [-0.1, -0.05) is 28.8 Å². The standard InChI is InChI=1S/C22H25F2N4O2/c1-15-6-4-5-7-17(12-15)27-22(2)20(24)14-25-21(28-22)26-16-8-9-19(18(23)13-16)30-11-10-29-3/h4-9,13,20,27H,10-12H2,1-3H3,(H,26,28)/q+1. The summed E-state index contributed by atoms with van der Waals surface area (Å²) in [6, 6.07) is 6.82. The van der Waals surface area contributed by atoms with Gasteiger partial charge in [-0.3, -0.25) is 0 Å². The fourth-order valence-electron chi connectivity index (χ4n) is 2.97. The number of guanidine groups is 1. The summed E-state index contributed by atoms with van der Waals surface area (Å²) in [6.07, 6.45) is 6.81. The van der Waals surface area contributed by atoms with E-state index in [-0.39, 0.29) is 18.3 Å². The van der Waals surface area contributed by atoms with Crippen LogP contribution in [0.3, 0.4) is 0 Å². The van der Waals surface area contributed by atoms with Crippen LogP contribution in [-0.4, -0.2) is 38.1 Å². The van der Waals surface area contributed by atoms with Crippen LogP contribution < -0.4 is 15.4 Å². The van der Waals surface area contributed by atoms with Crippen molar-refractivity contribution in [3.63, 3.8) is 0 Å². The van der Waals surface area contributed by atoms with E-state index in [1.165, 1.54) is 12.1 Å². The number of ether oxygens (including phenoxy) is 2. The zero-order valence-electron chi connectivity index (χ0n) is 17.2. The summed E-state index contributed by atoms with van der Waals surface area (Å²) in [6.45, 7) is 4.23. The molecule has 30 heavy (non-hydrogen) atoms. The van der Waals surface area contributed by atoms with Crippen LogP contribution in [0.5, 0.6) is 5.75 Å². The number of allylic oxidation sites excluding steroid dienone is 5. The van der Waals surface area contributed by atoms with E-state index in [0.29, 0.717) is 18.7 Å². The third kappa shape index (κ3) is 5.45. The Labute approximate surface area is 174 Å². The smallest absolute Gasteiger partial charge is 0.488 e. The number of alkyl halides is 1. The van der Waals surface area contributed by atoms with Crippen molar-refractivity contribution < 1.29 is 18.3 Å². The third-order valence-corrected chi connectivity index (χ3v) is 4.52. The molecule has 2 atom stereocenters. The van der Waals surface area contributed by atoms with Gasteiger partial charge in [-0.05, 0) is 32.1 Å². The number of hydrogen-bond donors (Lipinski definition) is 2. The number of rotatable bonds is 7. The predicted molar refractivity (Wildman–Crippen MR) is 114 cm³/mol. The third-order valence-electron chi connectivity index (χ3n) is 4.52. The summed E-state index contributed by atoms with van der Waals surface area (Å²) in [5, 5.41) is 6.06. The number of anilines is 1. The quantitative estimate of drug-likeness (QED) is 0.648. The molecule has 3 rings (SSSR count). The number of hydrogen-bond acceptors (Lipinski definition) is 5. The van der Waals surface area contributed by atoms with Crippen molar-refractivity contribution in [2.75, 3.05) is 25.6 Å². The molecule has 0 bridgehead atoms. The molecule has 1 aromatic carbocycles. The van der Waals surface area contributed by atoms with E-state index >= 15 is 0 Å². The SMILES string of the molecule is COCCOc1ccc(NC2=NC(C)(NC3=CC=CC=C(C)C3)C(F)C#[N+]2)cc1F. The maximum atomic E-state index is 14.6. The van der Waals surface area contributed by atoms with E-state index < -0.39 is 17.7 Å². The second kappa shape index (κ2) is 9.55. The molecule has 2 aliphatic rings. The molecule has 2 N–H and O–H groups in total. The molecule has 0 fully saturated rings. The fraction of sp³-hybridized carbons (Fsp3) is 0.364. The van der Waals surface area contributed by atoms with Gasteiger partial charge in [-0.25, -0.2) is 14.1 Å². The van der Waals surface area contributed by atoms with Crippen molar-refractivity contribution >= 4 is 11.6 Å². The Morgan fingerprint density at radius 2 is 2.10 bits per heavy atom. The van der Waals surface area contributed by atoms with E-state index in [1.54, 1.807) is 20.1 Å². The van der Waals surface area contributed by atoms with Gasteiger partial charge in [0.15, 0.2) is 17.6 Å². The average Bonchev–Trinajstić information content (AvgIpc) is 2.90. The zero-order valence-corrected chi connectivity index (χ0v) is 17.2. The number of aliphatic imine (C=N–C) groups is 1. The molecule has 1 aliphatic heterocycles. The largest absolute Gasteiger partial charge is 0.491 e. The predicted octanol–water partition coefficient (Wildman–Crippen LogP) is 4.40. The van der Waals surface area contributed by atoms with E-state index in [2.05, 4.69) is 26.5 Å². The Morgan fingerprint density at radius 1 is 1.30 bits per heavy atom. The Hall–Kier alpha value is -3.18. The number of methoxy groups -OCH3 is 1. The van der Waals surface area contributed by atoms with Crippen LogP contribution in [0.15, 0.2) is 58.8 Å². The molecule has 0 saturated carbocycles. The van der Waals surface area contributed by atoms with E-state index in [9.17, 15) is 8.78 Å². The van der Waals surface area contributed by atoms with Gasteiger partial charge in [-0.2, -0.15) is 4.85 Å². The maximum Gasteiger partial charge on any atom is 0.491 e. The van der Waals surface area contributed by atoms with Crippen LogP contribution in [0.25, 0.3) is 4.85 Å². The summed E-state index contributed by atoms with van der Waals surface area (Å²) in [5.74, 6) is -0.295. The minimum atomic E-state index is -1.55. The van der Waals surface area contributed by atoms with Crippen LogP contribution in [0, 0.1) is 11.9 Å². The molecule has 8 heteroatoms. The maximum absolute atomic E-state index is 14.6. The lowest BCUT2D eigenvalue weighted by molar-refractivity contribution is 0.144. The first-order chi connectivity index (χ1) is 14.4. The van der Waals surface area contributed by atoms with Gasteiger partial charge in [0.1, 0.15) is 12.3 Å². The van der Waals surface area contributed by atoms with Crippen LogP contribution >= 0.6 is 0 Å². The van der Waals surface area contributed by atoms with Crippen molar-refractivity contribution in [3.8, 4) is 11.8 Å². The zero-order chi connectivity index (χ0) is 21.6. The fourth-order valence-corrected chi connectivity index (χ4v) is 2.97. The van der Waals surface area contributed by atoms with E-state index in [0.717, 1.165) is 11.3 Å². The van der Waals surface area contributed by atoms with Crippen molar-refractivity contribution in [1.29, 1.82) is 0 Å². The van der Waals surface area contributed by atoms with Gasteiger partial charge in [0.2, 0.25) is 5.66 Å². The number of nitrogens with zero attached hydrogens (tertiary/aromatic N) is 2.